The molecule has 0 aliphatic rings. The molecule has 1 unspecified atom stereocenters. The maximum Gasteiger partial charge on any atom is 0.0622 e. The molecule has 4 heteroatoms. The van der Waals surface area contributed by atoms with E-state index in [0.717, 1.165) is 5.56 Å². The van der Waals surface area contributed by atoms with Gasteiger partial charge in [0.25, 0.3) is 0 Å². The smallest absolute Gasteiger partial charge is 0.0622 e. The summed E-state index contributed by atoms with van der Waals surface area (Å²) in [6.07, 6.45) is 4.14. The molecular weight excluding hydrogens is 242 g/mol. The lowest BCUT2D eigenvalue weighted by molar-refractivity contribution is 0.175. The van der Waals surface area contributed by atoms with Gasteiger partial charge in [-0.2, -0.15) is 11.3 Å². The zero-order chi connectivity index (χ0) is 11.4. The molecule has 0 aliphatic heterocycles. The molecule has 2 heterocycles. The summed E-state index contributed by atoms with van der Waals surface area (Å²) in [7, 11) is 0. The maximum absolute atomic E-state index is 9.92. The van der Waals surface area contributed by atoms with Gasteiger partial charge in [-0.05, 0) is 40.4 Å². The molecule has 0 saturated carbocycles. The molecule has 0 aromatic carbocycles. The van der Waals surface area contributed by atoms with Crippen molar-refractivity contribution in [1.29, 1.82) is 0 Å². The Kier molecular flexibility index (Phi) is 3.93. The summed E-state index contributed by atoms with van der Waals surface area (Å²) < 4.78 is 0. The van der Waals surface area contributed by atoms with Gasteiger partial charge >= 0.3 is 0 Å². The van der Waals surface area contributed by atoms with Crippen LogP contribution in [0.25, 0.3) is 0 Å². The van der Waals surface area contributed by atoms with Crippen molar-refractivity contribution >= 4 is 22.9 Å². The highest BCUT2D eigenvalue weighted by Crippen LogP contribution is 2.17. The van der Waals surface area contributed by atoms with Crippen LogP contribution in [0.2, 0.25) is 5.02 Å². The van der Waals surface area contributed by atoms with Crippen LogP contribution < -0.4 is 0 Å². The van der Waals surface area contributed by atoms with E-state index in [1.165, 1.54) is 5.56 Å². The molecule has 2 aromatic rings. The normalized spacial score (nSPS) is 12.6. The standard InChI is InChI=1S/C12H12ClNOS/c13-12-7-14-3-1-10(12)6-11(15)5-9-2-4-16-8-9/h1-4,7-8,11,15H,5-6H2. The minimum absolute atomic E-state index is 0.394. The van der Waals surface area contributed by atoms with Crippen LogP contribution in [0.15, 0.2) is 35.3 Å². The van der Waals surface area contributed by atoms with Gasteiger partial charge in [-0.15, -0.1) is 0 Å². The molecule has 0 spiro atoms. The lowest BCUT2D eigenvalue weighted by Crippen LogP contribution is -2.13. The number of hydrogen-bond acceptors (Lipinski definition) is 3. The molecule has 0 saturated heterocycles. The lowest BCUT2D eigenvalue weighted by atomic mass is 10.0. The van der Waals surface area contributed by atoms with E-state index < -0.39 is 6.10 Å². The van der Waals surface area contributed by atoms with Crippen LogP contribution in [0.3, 0.4) is 0 Å². The summed E-state index contributed by atoms with van der Waals surface area (Å²) in [6, 6.07) is 3.88. The predicted octanol–water partition coefficient (Wildman–Crippen LogP) is 2.94. The molecule has 1 N–H and O–H groups in total. The highest BCUT2D eigenvalue weighted by Gasteiger charge is 2.09. The summed E-state index contributed by atoms with van der Waals surface area (Å²) in [5.74, 6) is 0. The van der Waals surface area contributed by atoms with Crippen LogP contribution in [0.4, 0.5) is 0 Å². The first kappa shape index (κ1) is 11.6. The van der Waals surface area contributed by atoms with Crippen LogP contribution in [0.1, 0.15) is 11.1 Å². The Morgan fingerprint density at radius 2 is 2.25 bits per heavy atom. The first-order valence-corrected chi connectivity index (χ1v) is 6.35. The third-order valence-corrected chi connectivity index (χ3v) is 3.44. The second-order valence-corrected chi connectivity index (χ2v) is 4.85. The SMILES string of the molecule is OC(Cc1ccsc1)Cc1ccncc1Cl. The topological polar surface area (TPSA) is 33.1 Å². The van der Waals surface area contributed by atoms with Gasteiger partial charge in [0.1, 0.15) is 0 Å². The van der Waals surface area contributed by atoms with E-state index in [1.54, 1.807) is 23.7 Å². The molecule has 0 aliphatic carbocycles. The van der Waals surface area contributed by atoms with E-state index in [0.29, 0.717) is 17.9 Å². The van der Waals surface area contributed by atoms with Crippen molar-refractivity contribution < 1.29 is 5.11 Å². The third kappa shape index (κ3) is 3.04. The Morgan fingerprint density at radius 3 is 2.94 bits per heavy atom. The van der Waals surface area contributed by atoms with E-state index in [2.05, 4.69) is 10.4 Å². The Labute approximate surface area is 104 Å². The van der Waals surface area contributed by atoms with Crippen LogP contribution in [0, 0.1) is 0 Å². The fourth-order valence-electron chi connectivity index (χ4n) is 1.58. The van der Waals surface area contributed by atoms with Crippen molar-refractivity contribution in [2.75, 3.05) is 0 Å². The molecule has 0 fully saturated rings. The molecule has 16 heavy (non-hydrogen) atoms. The second kappa shape index (κ2) is 5.43. The fraction of sp³-hybridized carbons (Fsp3) is 0.250. The second-order valence-electron chi connectivity index (χ2n) is 3.66. The van der Waals surface area contributed by atoms with Gasteiger partial charge in [0.05, 0.1) is 11.1 Å². The zero-order valence-corrected chi connectivity index (χ0v) is 10.2. The number of rotatable bonds is 4. The molecular formula is C12H12ClNOS. The zero-order valence-electron chi connectivity index (χ0n) is 8.64. The first-order valence-electron chi connectivity index (χ1n) is 5.03. The number of hydrogen-bond donors (Lipinski definition) is 1. The van der Waals surface area contributed by atoms with Crippen LogP contribution in [-0.2, 0) is 12.8 Å². The number of thiophene rings is 1. The number of aliphatic hydroxyl groups is 1. The van der Waals surface area contributed by atoms with Gasteiger partial charge in [0, 0.05) is 18.8 Å². The van der Waals surface area contributed by atoms with Crippen molar-refractivity contribution in [2.45, 2.75) is 18.9 Å². The Morgan fingerprint density at radius 1 is 1.38 bits per heavy atom. The Hall–Kier alpha value is -0.900. The summed E-state index contributed by atoms with van der Waals surface area (Å²) >= 11 is 7.62. The molecule has 2 nitrogen and oxygen atoms in total. The van der Waals surface area contributed by atoms with Gasteiger partial charge in [0.15, 0.2) is 0 Å². The van der Waals surface area contributed by atoms with E-state index in [1.807, 2.05) is 17.5 Å². The molecule has 1 atom stereocenters. The highest BCUT2D eigenvalue weighted by molar-refractivity contribution is 7.07. The Balaban J connectivity index is 1.97. The van der Waals surface area contributed by atoms with Gasteiger partial charge in [-0.3, -0.25) is 4.98 Å². The first-order chi connectivity index (χ1) is 7.75. The molecule has 2 aromatic heterocycles. The number of aliphatic hydroxyl groups excluding tert-OH is 1. The fourth-order valence-corrected chi connectivity index (χ4v) is 2.45. The van der Waals surface area contributed by atoms with Crippen molar-refractivity contribution in [2.24, 2.45) is 0 Å². The maximum atomic E-state index is 9.92. The number of pyridine rings is 1. The Bertz CT molecular complexity index is 444. The van der Waals surface area contributed by atoms with Crippen molar-refractivity contribution in [3.05, 3.63) is 51.4 Å². The van der Waals surface area contributed by atoms with Crippen LogP contribution in [-0.4, -0.2) is 16.2 Å². The summed E-state index contributed by atoms with van der Waals surface area (Å²) in [5.41, 5.74) is 2.11. The monoisotopic (exact) mass is 253 g/mol. The van der Waals surface area contributed by atoms with Crippen molar-refractivity contribution in [1.82, 2.24) is 4.98 Å². The molecule has 0 radical (unpaired) electrons. The summed E-state index contributed by atoms with van der Waals surface area (Å²) in [6.45, 7) is 0. The van der Waals surface area contributed by atoms with E-state index in [9.17, 15) is 5.11 Å². The van der Waals surface area contributed by atoms with E-state index in [4.69, 9.17) is 11.6 Å². The van der Waals surface area contributed by atoms with Crippen molar-refractivity contribution in [3.8, 4) is 0 Å². The summed E-state index contributed by atoms with van der Waals surface area (Å²) in [5, 5.41) is 14.6. The minimum Gasteiger partial charge on any atom is -0.392 e. The summed E-state index contributed by atoms with van der Waals surface area (Å²) in [4.78, 5) is 3.92. The molecule has 84 valence electrons. The predicted molar refractivity (Wildman–Crippen MR) is 67.0 cm³/mol. The average Bonchev–Trinajstić information content (AvgIpc) is 2.74. The quantitative estimate of drug-likeness (QED) is 0.909. The number of nitrogens with zero attached hydrogens (tertiary/aromatic N) is 1. The number of aromatic nitrogens is 1. The van der Waals surface area contributed by atoms with Gasteiger partial charge in [-0.25, -0.2) is 0 Å². The minimum atomic E-state index is -0.394. The molecule has 0 amide bonds. The largest absolute Gasteiger partial charge is 0.392 e. The number of halogens is 1. The van der Waals surface area contributed by atoms with Crippen LogP contribution >= 0.6 is 22.9 Å². The average molecular weight is 254 g/mol. The lowest BCUT2D eigenvalue weighted by Gasteiger charge is -2.10. The molecule has 2 rings (SSSR count). The van der Waals surface area contributed by atoms with Gasteiger partial charge < -0.3 is 5.11 Å². The third-order valence-electron chi connectivity index (χ3n) is 2.36. The highest BCUT2D eigenvalue weighted by atomic mass is 35.5. The van der Waals surface area contributed by atoms with Gasteiger partial charge in [-0.1, -0.05) is 11.6 Å². The van der Waals surface area contributed by atoms with E-state index in [-0.39, 0.29) is 0 Å². The molecule has 0 bridgehead atoms. The van der Waals surface area contributed by atoms with E-state index >= 15 is 0 Å². The van der Waals surface area contributed by atoms with Crippen molar-refractivity contribution in [3.63, 3.8) is 0 Å². The van der Waals surface area contributed by atoms with Gasteiger partial charge in [0.2, 0.25) is 0 Å². The van der Waals surface area contributed by atoms with Crippen LogP contribution in [0.5, 0.6) is 0 Å².